The van der Waals surface area contributed by atoms with Gasteiger partial charge in [-0.1, -0.05) is 24.6 Å². The second-order valence-corrected chi connectivity index (χ2v) is 6.26. The zero-order valence-electron chi connectivity index (χ0n) is 13.8. The van der Waals surface area contributed by atoms with E-state index in [2.05, 4.69) is 24.1 Å². The number of aryl methyl sites for hydroxylation is 1. The van der Waals surface area contributed by atoms with E-state index in [0.717, 1.165) is 17.7 Å². The SMILES string of the molecule is CC[C@@H](C)[NH+]1CNc2c(c(=O)[nH]c(=O)n2-c2ccc(C)cc2)C1. The molecule has 2 heterocycles. The number of benzene rings is 1. The first-order chi connectivity index (χ1) is 11.0. The van der Waals surface area contributed by atoms with Crippen molar-refractivity contribution in [2.24, 2.45) is 0 Å². The second kappa shape index (κ2) is 6.04. The highest BCUT2D eigenvalue weighted by Gasteiger charge is 2.28. The van der Waals surface area contributed by atoms with Crippen LogP contribution in [0.25, 0.3) is 5.69 Å². The van der Waals surface area contributed by atoms with Crippen LogP contribution in [0.3, 0.4) is 0 Å². The predicted octanol–water partition coefficient (Wildman–Crippen LogP) is 0.401. The van der Waals surface area contributed by atoms with E-state index < -0.39 is 5.69 Å². The Hall–Kier alpha value is -2.34. The van der Waals surface area contributed by atoms with Crippen LogP contribution in [0.5, 0.6) is 0 Å². The maximum absolute atomic E-state index is 12.3. The van der Waals surface area contributed by atoms with Gasteiger partial charge in [0.15, 0.2) is 6.67 Å². The quantitative estimate of drug-likeness (QED) is 0.768. The van der Waals surface area contributed by atoms with Crippen LogP contribution in [0.15, 0.2) is 33.9 Å². The third kappa shape index (κ3) is 2.82. The monoisotopic (exact) mass is 315 g/mol. The van der Waals surface area contributed by atoms with E-state index in [1.54, 1.807) is 4.57 Å². The van der Waals surface area contributed by atoms with Crippen molar-refractivity contribution in [3.05, 3.63) is 56.2 Å². The maximum Gasteiger partial charge on any atom is 0.334 e. The molecule has 1 aromatic carbocycles. The third-order valence-electron chi connectivity index (χ3n) is 4.70. The summed E-state index contributed by atoms with van der Waals surface area (Å²) in [6, 6.07) is 8.16. The third-order valence-corrected chi connectivity index (χ3v) is 4.70. The molecular weight excluding hydrogens is 292 g/mol. The van der Waals surface area contributed by atoms with Gasteiger partial charge in [0.1, 0.15) is 17.9 Å². The number of nitrogens with zero attached hydrogens (tertiary/aromatic N) is 1. The van der Waals surface area contributed by atoms with Crippen LogP contribution in [0.4, 0.5) is 5.82 Å². The Morgan fingerprint density at radius 3 is 2.61 bits per heavy atom. The van der Waals surface area contributed by atoms with E-state index in [9.17, 15) is 9.59 Å². The standard InChI is InChI=1S/C17H22N4O2/c1-4-12(3)20-9-14-15(18-10-20)21(17(23)19-16(14)22)13-7-5-11(2)6-8-13/h5-8,12,18H,4,9-10H2,1-3H3,(H,19,22,23)/p+1/t12-/m1/s1. The number of aromatic amines is 1. The lowest BCUT2D eigenvalue weighted by Crippen LogP contribution is -3.16. The van der Waals surface area contributed by atoms with Gasteiger partial charge in [-0.25, -0.2) is 9.36 Å². The van der Waals surface area contributed by atoms with E-state index in [1.807, 2.05) is 31.2 Å². The molecule has 0 aliphatic carbocycles. The van der Waals surface area contributed by atoms with E-state index in [1.165, 1.54) is 4.90 Å². The van der Waals surface area contributed by atoms with Crippen molar-refractivity contribution in [2.45, 2.75) is 39.8 Å². The summed E-state index contributed by atoms with van der Waals surface area (Å²) in [6.45, 7) is 7.65. The highest BCUT2D eigenvalue weighted by molar-refractivity contribution is 5.51. The van der Waals surface area contributed by atoms with Gasteiger partial charge in [0.2, 0.25) is 0 Å². The van der Waals surface area contributed by atoms with Crippen LogP contribution in [0.1, 0.15) is 31.4 Å². The highest BCUT2D eigenvalue weighted by Crippen LogP contribution is 2.17. The number of quaternary nitrogens is 1. The molecule has 1 aliphatic rings. The van der Waals surface area contributed by atoms with Gasteiger partial charge in [0.05, 0.1) is 11.7 Å². The molecule has 3 rings (SSSR count). The topological polar surface area (TPSA) is 71.3 Å². The zero-order valence-corrected chi connectivity index (χ0v) is 13.8. The fourth-order valence-corrected chi connectivity index (χ4v) is 2.99. The lowest BCUT2D eigenvalue weighted by Gasteiger charge is -2.31. The summed E-state index contributed by atoms with van der Waals surface area (Å²) in [5, 5.41) is 3.30. The molecule has 0 saturated heterocycles. The molecule has 6 nitrogen and oxygen atoms in total. The van der Waals surface area contributed by atoms with Gasteiger partial charge >= 0.3 is 5.69 Å². The number of rotatable bonds is 3. The Balaban J connectivity index is 2.12. The Morgan fingerprint density at radius 1 is 1.26 bits per heavy atom. The summed E-state index contributed by atoms with van der Waals surface area (Å²) < 4.78 is 1.56. The van der Waals surface area contributed by atoms with Crippen LogP contribution >= 0.6 is 0 Å². The number of nitrogens with one attached hydrogen (secondary N) is 3. The number of hydrogen-bond acceptors (Lipinski definition) is 3. The summed E-state index contributed by atoms with van der Waals surface area (Å²) in [7, 11) is 0. The molecule has 1 aliphatic heterocycles. The first-order valence-corrected chi connectivity index (χ1v) is 8.05. The van der Waals surface area contributed by atoms with Gasteiger partial charge in [-0.05, 0) is 32.4 Å². The Bertz CT molecular complexity index is 820. The average Bonchev–Trinajstić information content (AvgIpc) is 2.55. The fourth-order valence-electron chi connectivity index (χ4n) is 2.99. The minimum Gasteiger partial charge on any atom is -0.324 e. The van der Waals surface area contributed by atoms with E-state index in [4.69, 9.17) is 0 Å². The molecule has 0 bridgehead atoms. The van der Waals surface area contributed by atoms with Gasteiger partial charge in [0.25, 0.3) is 5.56 Å². The van der Waals surface area contributed by atoms with Gasteiger partial charge in [-0.2, -0.15) is 0 Å². The normalized spacial score (nSPS) is 18.1. The Kier molecular flexibility index (Phi) is 4.09. The average molecular weight is 315 g/mol. The number of fused-ring (bicyclic) bond motifs is 1. The summed E-state index contributed by atoms with van der Waals surface area (Å²) in [6.07, 6.45) is 1.04. The number of H-pyrrole nitrogens is 1. The molecule has 3 N–H and O–H groups in total. The fraction of sp³-hybridized carbons (Fsp3) is 0.412. The summed E-state index contributed by atoms with van der Waals surface area (Å²) in [5.41, 5.74) is 1.83. The van der Waals surface area contributed by atoms with Crippen LogP contribution in [-0.4, -0.2) is 22.3 Å². The van der Waals surface area contributed by atoms with Crippen molar-refractivity contribution in [1.29, 1.82) is 0 Å². The molecule has 2 aromatic rings. The number of anilines is 1. The minimum absolute atomic E-state index is 0.290. The van der Waals surface area contributed by atoms with Crippen molar-refractivity contribution >= 4 is 5.82 Å². The molecule has 2 atom stereocenters. The minimum atomic E-state index is -0.405. The van der Waals surface area contributed by atoms with Gasteiger partial charge in [0, 0.05) is 0 Å². The molecule has 0 fully saturated rings. The zero-order chi connectivity index (χ0) is 16.6. The molecule has 0 amide bonds. The smallest absolute Gasteiger partial charge is 0.324 e. The van der Waals surface area contributed by atoms with Crippen LogP contribution < -0.4 is 21.5 Å². The van der Waals surface area contributed by atoms with Gasteiger partial charge < -0.3 is 10.2 Å². The molecule has 23 heavy (non-hydrogen) atoms. The van der Waals surface area contributed by atoms with Gasteiger partial charge in [-0.15, -0.1) is 0 Å². The molecule has 122 valence electrons. The van der Waals surface area contributed by atoms with Gasteiger partial charge in [-0.3, -0.25) is 9.78 Å². The van der Waals surface area contributed by atoms with Crippen LogP contribution in [-0.2, 0) is 6.54 Å². The lowest BCUT2D eigenvalue weighted by molar-refractivity contribution is -0.935. The molecule has 0 saturated carbocycles. The Labute approximate surface area is 134 Å². The van der Waals surface area contributed by atoms with Crippen molar-refractivity contribution in [3.8, 4) is 5.69 Å². The first kappa shape index (κ1) is 15.6. The predicted molar refractivity (Wildman–Crippen MR) is 90.3 cm³/mol. The first-order valence-electron chi connectivity index (χ1n) is 8.05. The summed E-state index contributed by atoms with van der Waals surface area (Å²) in [5.74, 6) is 0.620. The molecule has 6 heteroatoms. The van der Waals surface area contributed by atoms with Crippen molar-refractivity contribution in [1.82, 2.24) is 9.55 Å². The molecule has 0 spiro atoms. The van der Waals surface area contributed by atoms with E-state index >= 15 is 0 Å². The van der Waals surface area contributed by atoms with Crippen molar-refractivity contribution in [3.63, 3.8) is 0 Å². The summed E-state index contributed by atoms with van der Waals surface area (Å²) in [4.78, 5) is 28.3. The molecule has 0 radical (unpaired) electrons. The lowest BCUT2D eigenvalue weighted by atomic mass is 10.1. The maximum atomic E-state index is 12.3. The van der Waals surface area contributed by atoms with Crippen LogP contribution in [0.2, 0.25) is 0 Å². The number of hydrogen-bond donors (Lipinski definition) is 3. The Morgan fingerprint density at radius 2 is 1.96 bits per heavy atom. The van der Waals surface area contributed by atoms with E-state index in [0.29, 0.717) is 30.6 Å². The van der Waals surface area contributed by atoms with Crippen LogP contribution in [0, 0.1) is 6.92 Å². The number of aromatic nitrogens is 2. The molecule has 1 unspecified atom stereocenters. The van der Waals surface area contributed by atoms with Crippen molar-refractivity contribution in [2.75, 3.05) is 12.0 Å². The molecular formula is C17H23N4O2+. The largest absolute Gasteiger partial charge is 0.334 e. The molecule has 1 aromatic heterocycles. The highest BCUT2D eigenvalue weighted by atomic mass is 16.2. The second-order valence-electron chi connectivity index (χ2n) is 6.26. The summed E-state index contributed by atoms with van der Waals surface area (Å²) >= 11 is 0. The van der Waals surface area contributed by atoms with E-state index in [-0.39, 0.29) is 5.56 Å². The van der Waals surface area contributed by atoms with Crippen molar-refractivity contribution < 1.29 is 4.90 Å².